The molecule has 3 heteroatoms. The van der Waals surface area contributed by atoms with Gasteiger partial charge in [0.15, 0.2) is 0 Å². The van der Waals surface area contributed by atoms with E-state index in [1.54, 1.807) is 0 Å². The first-order chi connectivity index (χ1) is 6.45. The van der Waals surface area contributed by atoms with Crippen molar-refractivity contribution in [1.82, 2.24) is 0 Å². The van der Waals surface area contributed by atoms with Crippen LogP contribution in [0.3, 0.4) is 0 Å². The quantitative estimate of drug-likeness (QED) is 0.428. The molecule has 0 spiro atoms. The van der Waals surface area contributed by atoms with E-state index in [2.05, 4.69) is 27.0 Å². The molecule has 0 bridgehead atoms. The molecule has 82 valence electrons. The molecule has 0 amide bonds. The summed E-state index contributed by atoms with van der Waals surface area (Å²) in [6.45, 7) is 2.32. The van der Waals surface area contributed by atoms with Gasteiger partial charge in [0.1, 0.15) is 0 Å². The molecule has 0 aromatic heterocycles. The molecule has 0 aliphatic heterocycles. The van der Waals surface area contributed by atoms with Crippen LogP contribution >= 0.6 is 0 Å². The van der Waals surface area contributed by atoms with Gasteiger partial charge in [-0.2, -0.15) is 0 Å². The summed E-state index contributed by atoms with van der Waals surface area (Å²) in [5, 5.41) is 0. The Morgan fingerprint density at radius 2 is 1.93 bits per heavy atom. The van der Waals surface area contributed by atoms with Crippen molar-refractivity contribution >= 4 is 24.3 Å². The molecular formula is C11H22O2Sn. The Hall–Kier alpha value is 0.00870. The van der Waals surface area contributed by atoms with E-state index in [1.807, 2.05) is 6.92 Å². The first-order valence-corrected chi connectivity index (χ1v) is 15.8. The third-order valence-electron chi connectivity index (χ3n) is 1.72. The van der Waals surface area contributed by atoms with Crippen molar-refractivity contribution in [3.05, 3.63) is 12.2 Å². The van der Waals surface area contributed by atoms with Gasteiger partial charge in [0.05, 0.1) is 0 Å². The van der Waals surface area contributed by atoms with Gasteiger partial charge in [0, 0.05) is 0 Å². The summed E-state index contributed by atoms with van der Waals surface area (Å²) in [6.07, 6.45) is 5.68. The van der Waals surface area contributed by atoms with Crippen LogP contribution in [0.4, 0.5) is 0 Å². The van der Waals surface area contributed by atoms with E-state index in [4.69, 9.17) is 4.74 Å². The van der Waals surface area contributed by atoms with Gasteiger partial charge in [-0.15, -0.1) is 0 Å². The summed E-state index contributed by atoms with van der Waals surface area (Å²) >= 11 is -1.61. The zero-order valence-electron chi connectivity index (χ0n) is 9.80. The van der Waals surface area contributed by atoms with Gasteiger partial charge in [-0.3, -0.25) is 0 Å². The fourth-order valence-electron chi connectivity index (χ4n) is 0.989. The van der Waals surface area contributed by atoms with E-state index < -0.39 is 18.4 Å². The molecule has 0 heterocycles. The Balaban J connectivity index is 3.49. The Kier molecular flexibility index (Phi) is 7.32. The van der Waals surface area contributed by atoms with E-state index in [0.29, 0.717) is 13.0 Å². The minimum atomic E-state index is -1.61. The van der Waals surface area contributed by atoms with Crippen LogP contribution in [0.2, 0.25) is 19.3 Å². The average Bonchev–Trinajstić information content (AvgIpc) is 2.02. The van der Waals surface area contributed by atoms with Crippen LogP contribution in [-0.4, -0.2) is 31.0 Å². The summed E-state index contributed by atoms with van der Waals surface area (Å²) in [7, 11) is 0. The first-order valence-electron chi connectivity index (χ1n) is 5.26. The van der Waals surface area contributed by atoms with Gasteiger partial charge in [-0.1, -0.05) is 0 Å². The van der Waals surface area contributed by atoms with Crippen molar-refractivity contribution < 1.29 is 9.53 Å². The van der Waals surface area contributed by atoms with E-state index in [1.165, 1.54) is 4.44 Å². The second-order valence-corrected chi connectivity index (χ2v) is 20.4. The molecule has 0 saturated heterocycles. The van der Waals surface area contributed by atoms with Crippen LogP contribution in [0.25, 0.3) is 0 Å². The first kappa shape index (κ1) is 14.0. The number of ether oxygens (including phenoxy) is 1. The van der Waals surface area contributed by atoms with Crippen LogP contribution in [0.15, 0.2) is 12.2 Å². The van der Waals surface area contributed by atoms with Crippen LogP contribution in [0.5, 0.6) is 0 Å². The third kappa shape index (κ3) is 10.1. The summed E-state index contributed by atoms with van der Waals surface area (Å²) in [5.41, 5.74) is 0. The van der Waals surface area contributed by atoms with Crippen molar-refractivity contribution in [2.24, 2.45) is 0 Å². The van der Waals surface area contributed by atoms with Crippen LogP contribution < -0.4 is 0 Å². The van der Waals surface area contributed by atoms with Gasteiger partial charge in [-0.25, -0.2) is 0 Å². The zero-order chi connectivity index (χ0) is 11.0. The second kappa shape index (κ2) is 7.32. The monoisotopic (exact) mass is 306 g/mol. The average molecular weight is 305 g/mol. The minimum absolute atomic E-state index is 0.0866. The molecule has 0 unspecified atom stereocenters. The number of esters is 1. The van der Waals surface area contributed by atoms with Gasteiger partial charge >= 0.3 is 91.7 Å². The Bertz CT molecular complexity index is 192. The Morgan fingerprint density at radius 1 is 1.29 bits per heavy atom. The normalized spacial score (nSPS) is 12.0. The second-order valence-electron chi connectivity index (χ2n) is 4.58. The number of allylic oxidation sites excluding steroid dienone is 2. The molecule has 0 radical (unpaired) electrons. The topological polar surface area (TPSA) is 26.3 Å². The van der Waals surface area contributed by atoms with E-state index in [9.17, 15) is 4.79 Å². The zero-order valence-corrected chi connectivity index (χ0v) is 12.7. The third-order valence-corrected chi connectivity index (χ3v) is 5.89. The van der Waals surface area contributed by atoms with Crippen molar-refractivity contribution in [3.63, 3.8) is 0 Å². The van der Waals surface area contributed by atoms with Crippen LogP contribution in [-0.2, 0) is 9.53 Å². The van der Waals surface area contributed by atoms with E-state index in [0.717, 1.165) is 6.42 Å². The van der Waals surface area contributed by atoms with E-state index >= 15 is 0 Å². The van der Waals surface area contributed by atoms with E-state index in [-0.39, 0.29) is 5.97 Å². The molecule has 14 heavy (non-hydrogen) atoms. The van der Waals surface area contributed by atoms with Gasteiger partial charge in [0.25, 0.3) is 0 Å². The molecule has 0 aromatic rings. The molecule has 0 atom stereocenters. The van der Waals surface area contributed by atoms with Gasteiger partial charge in [0.2, 0.25) is 0 Å². The van der Waals surface area contributed by atoms with Crippen LogP contribution in [0, 0.1) is 0 Å². The number of hydrogen-bond donors (Lipinski definition) is 0. The summed E-state index contributed by atoms with van der Waals surface area (Å²) < 4.78 is 6.09. The maximum atomic E-state index is 11.0. The number of carbonyl (C=O) groups is 1. The van der Waals surface area contributed by atoms with Crippen LogP contribution in [0.1, 0.15) is 19.8 Å². The van der Waals surface area contributed by atoms with Crippen molar-refractivity contribution in [2.75, 3.05) is 6.61 Å². The molecule has 0 aliphatic rings. The maximum absolute atomic E-state index is 11.0. The molecule has 0 aliphatic carbocycles. The summed E-state index contributed by atoms with van der Waals surface area (Å²) in [5.74, 6) is -0.0866. The fraction of sp³-hybridized carbons (Fsp3) is 0.727. The summed E-state index contributed by atoms with van der Waals surface area (Å²) in [4.78, 5) is 18.2. The molecule has 2 nitrogen and oxygen atoms in total. The Labute approximate surface area is 91.6 Å². The fourth-order valence-corrected chi connectivity index (χ4v) is 3.48. The van der Waals surface area contributed by atoms with Gasteiger partial charge < -0.3 is 0 Å². The Morgan fingerprint density at radius 3 is 2.43 bits per heavy atom. The number of carbonyl (C=O) groups excluding carboxylic acids is 1. The molecule has 0 rings (SSSR count). The molecule has 0 N–H and O–H groups in total. The number of rotatable bonds is 6. The van der Waals surface area contributed by atoms with Crippen molar-refractivity contribution in [3.8, 4) is 0 Å². The predicted octanol–water partition coefficient (Wildman–Crippen LogP) is 3.22. The van der Waals surface area contributed by atoms with Crippen molar-refractivity contribution in [2.45, 2.75) is 39.0 Å². The van der Waals surface area contributed by atoms with Gasteiger partial charge in [-0.05, 0) is 0 Å². The standard InChI is InChI=1S/C8H13O2.3CH3.Sn/c1-3-5-6-7-8(9)10-4-2;;;;/h3,5H,1,4,6-7H2,2H3;3*1H3;. The molecule has 0 saturated carbocycles. The summed E-state index contributed by atoms with van der Waals surface area (Å²) in [6, 6.07) is 0. The number of hydrogen-bond acceptors (Lipinski definition) is 2. The van der Waals surface area contributed by atoms with Crippen molar-refractivity contribution in [1.29, 1.82) is 0 Å². The molecule has 0 aromatic carbocycles. The predicted molar refractivity (Wildman–Crippen MR) is 63.2 cm³/mol. The molecule has 0 fully saturated rings. The molecular weight excluding hydrogens is 283 g/mol. The SMILES string of the molecule is CCOC(=O)CCC=C[CH2][Sn]([CH3])([CH3])[CH3].